The monoisotopic (exact) mass is 467 g/mol. The lowest BCUT2D eigenvalue weighted by molar-refractivity contribution is -0.0153. The summed E-state index contributed by atoms with van der Waals surface area (Å²) >= 11 is 1.67. The molecule has 0 radical (unpaired) electrons. The number of rotatable bonds is 6. The Morgan fingerprint density at radius 2 is 1.62 bits per heavy atom. The molecule has 170 valence electrons. The Morgan fingerprint density at radius 1 is 1.06 bits per heavy atom. The first kappa shape index (κ1) is 23.1. The first-order valence-corrected chi connectivity index (χ1v) is 14.1. The minimum atomic E-state index is -2.54. The SMILES string of the molecule is CCNC(=O)N1C=CSC1N1CC(O[Si](c2ccccc2)(c2ccccc2)C(C)(C)C)C1. The average Bonchev–Trinajstić information content (AvgIpc) is 3.23. The van der Waals surface area contributed by atoms with Gasteiger partial charge in [0.1, 0.15) is 5.50 Å². The molecule has 0 saturated carbocycles. The van der Waals surface area contributed by atoms with Gasteiger partial charge in [-0.3, -0.25) is 9.80 Å². The van der Waals surface area contributed by atoms with Crippen molar-refractivity contribution >= 4 is 36.5 Å². The Kier molecular flexibility index (Phi) is 6.81. The van der Waals surface area contributed by atoms with E-state index in [4.69, 9.17) is 4.43 Å². The van der Waals surface area contributed by atoms with Crippen LogP contribution >= 0.6 is 11.8 Å². The number of urea groups is 1. The van der Waals surface area contributed by atoms with Crippen molar-refractivity contribution in [1.29, 1.82) is 0 Å². The third-order valence-corrected chi connectivity index (χ3v) is 12.3. The first-order chi connectivity index (χ1) is 15.4. The molecule has 0 aliphatic carbocycles. The molecule has 2 amide bonds. The van der Waals surface area contributed by atoms with Gasteiger partial charge in [-0.05, 0) is 27.7 Å². The molecule has 2 heterocycles. The summed E-state index contributed by atoms with van der Waals surface area (Å²) in [5.74, 6) is 0. The summed E-state index contributed by atoms with van der Waals surface area (Å²) in [6.45, 7) is 11.1. The van der Waals surface area contributed by atoms with Gasteiger partial charge in [0.2, 0.25) is 0 Å². The molecule has 2 aromatic rings. The van der Waals surface area contributed by atoms with Crippen molar-refractivity contribution in [2.24, 2.45) is 0 Å². The first-order valence-electron chi connectivity index (χ1n) is 11.3. The van der Waals surface area contributed by atoms with E-state index in [0.29, 0.717) is 6.54 Å². The van der Waals surface area contributed by atoms with Crippen LogP contribution in [-0.4, -0.2) is 55.4 Å². The van der Waals surface area contributed by atoms with Gasteiger partial charge in [0.25, 0.3) is 8.32 Å². The van der Waals surface area contributed by atoms with E-state index in [1.165, 1.54) is 10.4 Å². The molecular weight excluding hydrogens is 434 g/mol. The van der Waals surface area contributed by atoms with E-state index >= 15 is 0 Å². The van der Waals surface area contributed by atoms with Gasteiger partial charge in [-0.1, -0.05) is 93.2 Å². The zero-order valence-electron chi connectivity index (χ0n) is 19.3. The van der Waals surface area contributed by atoms with Gasteiger partial charge in [-0.2, -0.15) is 0 Å². The molecule has 0 spiro atoms. The number of hydrogen-bond donors (Lipinski definition) is 1. The molecule has 2 aromatic carbocycles. The maximum Gasteiger partial charge on any atom is 0.323 e. The third-order valence-electron chi connectivity index (χ3n) is 6.17. The Hall–Kier alpha value is -2.06. The molecule has 7 heteroatoms. The number of likely N-dealkylation sites (tertiary alicyclic amines) is 1. The summed E-state index contributed by atoms with van der Waals surface area (Å²) in [5.41, 5.74) is 0.000513. The topological polar surface area (TPSA) is 44.8 Å². The van der Waals surface area contributed by atoms with Gasteiger partial charge in [-0.15, -0.1) is 0 Å². The summed E-state index contributed by atoms with van der Waals surface area (Å²) in [7, 11) is -2.54. The van der Waals surface area contributed by atoms with E-state index in [-0.39, 0.29) is 22.7 Å². The van der Waals surface area contributed by atoms with Gasteiger partial charge >= 0.3 is 6.03 Å². The van der Waals surface area contributed by atoms with Crippen LogP contribution in [0.4, 0.5) is 4.79 Å². The second kappa shape index (κ2) is 9.43. The normalized spacial score (nSPS) is 19.8. The Morgan fingerprint density at radius 3 is 2.12 bits per heavy atom. The highest BCUT2D eigenvalue weighted by molar-refractivity contribution is 8.02. The molecule has 2 aliphatic heterocycles. The minimum Gasteiger partial charge on any atom is -0.402 e. The Bertz CT molecular complexity index is 903. The lowest BCUT2D eigenvalue weighted by Gasteiger charge is -2.51. The van der Waals surface area contributed by atoms with E-state index < -0.39 is 8.32 Å². The number of hydrogen-bond acceptors (Lipinski definition) is 4. The summed E-state index contributed by atoms with van der Waals surface area (Å²) in [6, 6.07) is 21.5. The fourth-order valence-electron chi connectivity index (χ4n) is 4.65. The van der Waals surface area contributed by atoms with Crippen LogP contribution in [0.25, 0.3) is 0 Å². The molecule has 1 fully saturated rings. The summed E-state index contributed by atoms with van der Waals surface area (Å²) < 4.78 is 7.19. The van der Waals surface area contributed by atoms with Crippen LogP contribution in [0.3, 0.4) is 0 Å². The van der Waals surface area contributed by atoms with Crippen molar-refractivity contribution in [3.8, 4) is 0 Å². The zero-order chi connectivity index (χ0) is 22.8. The standard InChI is InChI=1S/C25H33N3O2SSi/c1-5-26-23(29)28-16-17-31-24(28)27-18-20(19-27)30-32(25(2,3)4,21-12-8-6-9-13-21)22-14-10-7-11-15-22/h6-17,20,24H,5,18-19H2,1-4H3,(H,26,29). The molecule has 4 rings (SSSR count). The fraction of sp³-hybridized carbons (Fsp3) is 0.400. The van der Waals surface area contributed by atoms with Gasteiger partial charge in [-0.25, -0.2) is 4.79 Å². The number of benzene rings is 2. The van der Waals surface area contributed by atoms with E-state index in [9.17, 15) is 4.79 Å². The molecule has 1 unspecified atom stereocenters. The maximum absolute atomic E-state index is 12.4. The number of carbonyl (C=O) groups excluding carboxylic acids is 1. The molecule has 32 heavy (non-hydrogen) atoms. The summed E-state index contributed by atoms with van der Waals surface area (Å²) in [5, 5.41) is 7.47. The highest BCUT2D eigenvalue weighted by atomic mass is 32.2. The maximum atomic E-state index is 12.4. The summed E-state index contributed by atoms with van der Waals surface area (Å²) in [6.07, 6.45) is 2.01. The third kappa shape index (κ3) is 4.27. The van der Waals surface area contributed by atoms with Crippen molar-refractivity contribution in [2.45, 2.75) is 44.3 Å². The van der Waals surface area contributed by atoms with Crippen LogP contribution in [0.5, 0.6) is 0 Å². The predicted molar refractivity (Wildman–Crippen MR) is 135 cm³/mol. The molecule has 0 aromatic heterocycles. The molecule has 1 N–H and O–H groups in total. The van der Waals surface area contributed by atoms with E-state index in [0.717, 1.165) is 13.1 Å². The molecule has 2 aliphatic rings. The zero-order valence-corrected chi connectivity index (χ0v) is 21.1. The smallest absolute Gasteiger partial charge is 0.323 e. The highest BCUT2D eigenvalue weighted by Crippen LogP contribution is 2.39. The van der Waals surface area contributed by atoms with Crippen LogP contribution in [-0.2, 0) is 4.43 Å². The Balaban J connectivity index is 1.57. The fourth-order valence-corrected chi connectivity index (χ4v) is 10.3. The molecule has 0 bridgehead atoms. The van der Waals surface area contributed by atoms with Crippen molar-refractivity contribution in [1.82, 2.24) is 15.1 Å². The second-order valence-corrected chi connectivity index (χ2v) is 14.6. The predicted octanol–water partition coefficient (Wildman–Crippen LogP) is 3.78. The van der Waals surface area contributed by atoms with Gasteiger partial charge in [0, 0.05) is 25.8 Å². The van der Waals surface area contributed by atoms with Gasteiger partial charge < -0.3 is 9.74 Å². The lowest BCUT2D eigenvalue weighted by Crippen LogP contribution is -2.71. The van der Waals surface area contributed by atoms with Crippen LogP contribution in [0.2, 0.25) is 5.04 Å². The molecular formula is C25H33N3O2SSi. The molecule has 1 saturated heterocycles. The summed E-state index contributed by atoms with van der Waals surface area (Å²) in [4.78, 5) is 16.5. The van der Waals surface area contributed by atoms with E-state index in [2.05, 4.69) is 91.7 Å². The average molecular weight is 468 g/mol. The molecule has 5 nitrogen and oxygen atoms in total. The van der Waals surface area contributed by atoms with Crippen molar-refractivity contribution in [3.05, 3.63) is 72.3 Å². The number of carbonyl (C=O) groups is 1. The number of nitrogens with one attached hydrogen (secondary N) is 1. The van der Waals surface area contributed by atoms with E-state index in [1.54, 1.807) is 16.7 Å². The van der Waals surface area contributed by atoms with Crippen molar-refractivity contribution < 1.29 is 9.22 Å². The largest absolute Gasteiger partial charge is 0.402 e. The van der Waals surface area contributed by atoms with Crippen molar-refractivity contribution in [2.75, 3.05) is 19.6 Å². The Labute approximate surface area is 197 Å². The highest BCUT2D eigenvalue weighted by Gasteiger charge is 2.53. The van der Waals surface area contributed by atoms with Crippen LogP contribution in [0.1, 0.15) is 27.7 Å². The number of nitrogens with zero attached hydrogens (tertiary/aromatic N) is 2. The number of amides is 2. The quantitative estimate of drug-likeness (QED) is 0.657. The van der Waals surface area contributed by atoms with Crippen LogP contribution < -0.4 is 15.7 Å². The van der Waals surface area contributed by atoms with E-state index in [1.807, 2.05) is 18.5 Å². The number of thioether (sulfide) groups is 1. The van der Waals surface area contributed by atoms with Gasteiger partial charge in [0.15, 0.2) is 0 Å². The second-order valence-electron chi connectivity index (χ2n) is 9.35. The lowest BCUT2D eigenvalue weighted by atomic mass is 10.2. The van der Waals surface area contributed by atoms with Crippen molar-refractivity contribution in [3.63, 3.8) is 0 Å². The minimum absolute atomic E-state index is 0.000513. The van der Waals surface area contributed by atoms with Crippen LogP contribution in [0.15, 0.2) is 72.3 Å². The van der Waals surface area contributed by atoms with Gasteiger partial charge in [0.05, 0.1) is 6.10 Å². The molecule has 1 atom stereocenters. The van der Waals surface area contributed by atoms with Crippen LogP contribution in [0, 0.1) is 0 Å².